The molecule has 0 amide bonds. The van der Waals surface area contributed by atoms with Crippen LogP contribution >= 0.6 is 11.3 Å². The van der Waals surface area contributed by atoms with Crippen LogP contribution in [0.1, 0.15) is 32.6 Å². The molecule has 0 aliphatic rings. The van der Waals surface area contributed by atoms with Crippen LogP contribution < -0.4 is 0 Å². The smallest absolute Gasteiger partial charge is 0.355 e. The fourth-order valence-electron chi connectivity index (χ4n) is 2.55. The maximum absolute atomic E-state index is 14.3. The van der Waals surface area contributed by atoms with E-state index in [-0.39, 0.29) is 23.5 Å². The molecule has 25 heavy (non-hydrogen) atoms. The quantitative estimate of drug-likeness (QED) is 0.647. The van der Waals surface area contributed by atoms with Gasteiger partial charge in [-0.3, -0.25) is 0 Å². The van der Waals surface area contributed by atoms with Gasteiger partial charge < -0.3 is 14.0 Å². The Morgan fingerprint density at radius 3 is 2.64 bits per heavy atom. The molecule has 7 heteroatoms. The molecule has 0 fully saturated rings. The van der Waals surface area contributed by atoms with Gasteiger partial charge in [0.2, 0.25) is 0 Å². The first-order chi connectivity index (χ1) is 12.0. The summed E-state index contributed by atoms with van der Waals surface area (Å²) in [7, 11) is 1.72. The first kappa shape index (κ1) is 17.2. The minimum absolute atomic E-state index is 0.206. The zero-order valence-corrected chi connectivity index (χ0v) is 14.6. The molecular weight excluding hydrogens is 345 g/mol. The Balaban J connectivity index is 1.96. The number of halogens is 1. The summed E-state index contributed by atoms with van der Waals surface area (Å²) in [5, 5.41) is 0.287. The molecule has 2 aromatic heterocycles. The van der Waals surface area contributed by atoms with Crippen LogP contribution in [0.25, 0.3) is 10.1 Å². The van der Waals surface area contributed by atoms with Crippen molar-refractivity contribution in [2.24, 2.45) is 7.05 Å². The van der Waals surface area contributed by atoms with Gasteiger partial charge in [-0.2, -0.15) is 0 Å². The Morgan fingerprint density at radius 1 is 1.16 bits per heavy atom. The van der Waals surface area contributed by atoms with E-state index in [1.165, 1.54) is 6.07 Å². The van der Waals surface area contributed by atoms with Crippen molar-refractivity contribution < 1.29 is 23.5 Å². The van der Waals surface area contributed by atoms with Crippen molar-refractivity contribution in [2.45, 2.75) is 13.5 Å². The van der Waals surface area contributed by atoms with E-state index in [0.29, 0.717) is 16.0 Å². The standard InChI is InChI=1S/C18H16FNO4S/c1-3-23-18(22)16-11(15-12(19)6-4-8-14(15)25-16)10-24-17(21)13-7-5-9-20(13)2/h4-9H,3,10H2,1-2H3. The lowest BCUT2D eigenvalue weighted by atomic mass is 10.1. The monoisotopic (exact) mass is 361 g/mol. The van der Waals surface area contributed by atoms with Crippen LogP contribution in [0.3, 0.4) is 0 Å². The van der Waals surface area contributed by atoms with Crippen LogP contribution in [-0.4, -0.2) is 23.1 Å². The van der Waals surface area contributed by atoms with Gasteiger partial charge in [-0.15, -0.1) is 11.3 Å². The van der Waals surface area contributed by atoms with Crippen molar-refractivity contribution in [3.05, 3.63) is 58.5 Å². The van der Waals surface area contributed by atoms with Gasteiger partial charge in [0, 0.05) is 28.9 Å². The number of thiophene rings is 1. The highest BCUT2D eigenvalue weighted by Crippen LogP contribution is 2.34. The second-order valence-corrected chi connectivity index (χ2v) is 6.38. The summed E-state index contributed by atoms with van der Waals surface area (Å²) < 4.78 is 26.9. The molecule has 0 aliphatic carbocycles. The van der Waals surface area contributed by atoms with E-state index in [0.717, 1.165) is 11.3 Å². The number of aryl methyl sites for hydroxylation is 1. The predicted octanol–water partition coefficient (Wildman–Crippen LogP) is 3.91. The second kappa shape index (κ2) is 7.06. The highest BCUT2D eigenvalue weighted by molar-refractivity contribution is 7.21. The van der Waals surface area contributed by atoms with Gasteiger partial charge in [0.15, 0.2) is 0 Å². The molecule has 0 bridgehead atoms. The molecule has 0 atom stereocenters. The number of aromatic nitrogens is 1. The van der Waals surface area contributed by atoms with E-state index < -0.39 is 17.8 Å². The lowest BCUT2D eigenvalue weighted by Gasteiger charge is -2.08. The van der Waals surface area contributed by atoms with Crippen LogP contribution in [0.2, 0.25) is 0 Å². The Kier molecular flexibility index (Phi) is 4.85. The number of hydrogen-bond donors (Lipinski definition) is 0. The maximum Gasteiger partial charge on any atom is 0.355 e. The summed E-state index contributed by atoms with van der Waals surface area (Å²) >= 11 is 1.13. The van der Waals surface area contributed by atoms with Crippen LogP contribution in [0.4, 0.5) is 4.39 Å². The fourth-order valence-corrected chi connectivity index (χ4v) is 3.67. The lowest BCUT2D eigenvalue weighted by Crippen LogP contribution is -2.11. The number of ether oxygens (including phenoxy) is 2. The van der Waals surface area contributed by atoms with Gasteiger partial charge in [0.25, 0.3) is 0 Å². The molecule has 3 aromatic rings. The summed E-state index contributed by atoms with van der Waals surface area (Å²) in [6, 6.07) is 7.95. The zero-order chi connectivity index (χ0) is 18.0. The number of hydrogen-bond acceptors (Lipinski definition) is 5. The van der Waals surface area contributed by atoms with Crippen LogP contribution in [0.5, 0.6) is 0 Å². The van der Waals surface area contributed by atoms with Crippen molar-refractivity contribution in [3.8, 4) is 0 Å². The van der Waals surface area contributed by atoms with Crippen molar-refractivity contribution in [2.75, 3.05) is 6.61 Å². The van der Waals surface area contributed by atoms with Crippen LogP contribution in [-0.2, 0) is 23.1 Å². The second-order valence-electron chi connectivity index (χ2n) is 5.32. The highest BCUT2D eigenvalue weighted by atomic mass is 32.1. The van der Waals surface area contributed by atoms with Gasteiger partial charge in [0.05, 0.1) is 6.61 Å². The molecule has 0 radical (unpaired) electrons. The van der Waals surface area contributed by atoms with E-state index >= 15 is 0 Å². The summed E-state index contributed by atoms with van der Waals surface area (Å²) in [6.45, 7) is 1.69. The molecule has 0 unspecified atom stereocenters. The molecule has 0 aliphatic heterocycles. The number of rotatable bonds is 5. The van der Waals surface area contributed by atoms with E-state index in [4.69, 9.17) is 9.47 Å². The molecule has 0 saturated carbocycles. The topological polar surface area (TPSA) is 57.5 Å². The van der Waals surface area contributed by atoms with Gasteiger partial charge in [-0.25, -0.2) is 14.0 Å². The molecule has 0 spiro atoms. The number of benzene rings is 1. The van der Waals surface area contributed by atoms with Crippen molar-refractivity contribution in [1.82, 2.24) is 4.57 Å². The zero-order valence-electron chi connectivity index (χ0n) is 13.7. The third-order valence-electron chi connectivity index (χ3n) is 3.72. The predicted molar refractivity (Wildman–Crippen MR) is 92.3 cm³/mol. The third-order valence-corrected chi connectivity index (χ3v) is 4.90. The number of fused-ring (bicyclic) bond motifs is 1. The summed E-state index contributed by atoms with van der Waals surface area (Å²) in [5.74, 6) is -1.56. The summed E-state index contributed by atoms with van der Waals surface area (Å²) in [6.07, 6.45) is 1.72. The number of carbonyl (C=O) groups is 2. The molecule has 1 aromatic carbocycles. The van der Waals surface area contributed by atoms with Crippen LogP contribution in [0, 0.1) is 5.82 Å². The van der Waals surface area contributed by atoms with E-state index in [1.807, 2.05) is 0 Å². The molecule has 0 saturated heterocycles. The van der Waals surface area contributed by atoms with Gasteiger partial charge in [-0.1, -0.05) is 6.07 Å². The first-order valence-electron chi connectivity index (χ1n) is 7.68. The lowest BCUT2D eigenvalue weighted by molar-refractivity contribution is 0.0445. The van der Waals surface area contributed by atoms with Crippen molar-refractivity contribution in [1.29, 1.82) is 0 Å². The SMILES string of the molecule is CCOC(=O)c1sc2cccc(F)c2c1COC(=O)c1cccn1C. The number of esters is 2. The van der Waals surface area contributed by atoms with E-state index in [2.05, 4.69) is 0 Å². The number of nitrogens with zero attached hydrogens (tertiary/aromatic N) is 1. The van der Waals surface area contributed by atoms with E-state index in [1.54, 1.807) is 49.0 Å². The minimum atomic E-state index is -0.548. The van der Waals surface area contributed by atoms with Crippen LogP contribution in [0.15, 0.2) is 36.5 Å². The normalized spacial score (nSPS) is 10.8. The molecule has 5 nitrogen and oxygen atoms in total. The van der Waals surface area contributed by atoms with E-state index in [9.17, 15) is 14.0 Å². The fraction of sp³-hybridized carbons (Fsp3) is 0.222. The third kappa shape index (κ3) is 3.28. The molecule has 3 rings (SSSR count). The van der Waals surface area contributed by atoms with Gasteiger partial charge in [0.1, 0.15) is 23.0 Å². The Morgan fingerprint density at radius 2 is 1.96 bits per heavy atom. The summed E-state index contributed by atoms with van der Waals surface area (Å²) in [5.41, 5.74) is 0.705. The first-order valence-corrected chi connectivity index (χ1v) is 8.50. The number of carbonyl (C=O) groups excluding carboxylic acids is 2. The Hall–Kier alpha value is -2.67. The Labute approximate surface area is 147 Å². The summed E-state index contributed by atoms with van der Waals surface area (Å²) in [4.78, 5) is 24.6. The maximum atomic E-state index is 14.3. The van der Waals surface area contributed by atoms with Gasteiger partial charge >= 0.3 is 11.9 Å². The average molecular weight is 361 g/mol. The largest absolute Gasteiger partial charge is 0.462 e. The van der Waals surface area contributed by atoms with Gasteiger partial charge in [-0.05, 0) is 31.2 Å². The molecular formula is C18H16FNO4S. The molecule has 130 valence electrons. The average Bonchev–Trinajstić information content (AvgIpc) is 3.17. The molecule has 0 N–H and O–H groups in total. The van der Waals surface area contributed by atoms with Crippen molar-refractivity contribution in [3.63, 3.8) is 0 Å². The molecule has 2 heterocycles. The van der Waals surface area contributed by atoms with Crippen molar-refractivity contribution >= 4 is 33.4 Å². The minimum Gasteiger partial charge on any atom is -0.462 e. The Bertz CT molecular complexity index is 944. The highest BCUT2D eigenvalue weighted by Gasteiger charge is 2.23.